The van der Waals surface area contributed by atoms with Gasteiger partial charge in [-0.2, -0.15) is 0 Å². The zero-order chi connectivity index (χ0) is 12.1. The molecule has 0 aromatic heterocycles. The lowest BCUT2D eigenvalue weighted by Crippen LogP contribution is -2.19. The van der Waals surface area contributed by atoms with E-state index in [1.807, 2.05) is 6.07 Å². The summed E-state index contributed by atoms with van der Waals surface area (Å²) in [6.07, 6.45) is 5.19. The van der Waals surface area contributed by atoms with Crippen LogP contribution in [0.5, 0.6) is 0 Å². The van der Waals surface area contributed by atoms with Crippen molar-refractivity contribution < 1.29 is 9.13 Å². The van der Waals surface area contributed by atoms with E-state index < -0.39 is 0 Å². The normalized spacial score (nSPS) is 18.5. The van der Waals surface area contributed by atoms with E-state index in [2.05, 4.69) is 0 Å². The van der Waals surface area contributed by atoms with Gasteiger partial charge in [0, 0.05) is 6.61 Å². The molecule has 1 aliphatic rings. The number of rotatable bonds is 5. The minimum atomic E-state index is -0.242. The van der Waals surface area contributed by atoms with Crippen molar-refractivity contribution in [3.05, 3.63) is 35.6 Å². The van der Waals surface area contributed by atoms with E-state index in [-0.39, 0.29) is 11.9 Å². The number of hydrogen-bond donors (Lipinski definition) is 1. The van der Waals surface area contributed by atoms with Crippen LogP contribution in [0.15, 0.2) is 24.3 Å². The van der Waals surface area contributed by atoms with Gasteiger partial charge in [-0.15, -0.1) is 0 Å². The first kappa shape index (κ1) is 12.5. The molecule has 2 rings (SSSR count). The van der Waals surface area contributed by atoms with Crippen LogP contribution < -0.4 is 5.73 Å². The fourth-order valence-corrected chi connectivity index (χ4v) is 2.37. The van der Waals surface area contributed by atoms with E-state index in [0.29, 0.717) is 12.5 Å². The summed E-state index contributed by atoms with van der Waals surface area (Å²) in [6.45, 7) is 1.27. The molecule has 2 N–H and O–H groups in total. The third-order valence-electron chi connectivity index (χ3n) is 3.40. The Morgan fingerprint density at radius 2 is 2.12 bits per heavy atom. The monoisotopic (exact) mass is 237 g/mol. The van der Waals surface area contributed by atoms with E-state index in [0.717, 1.165) is 12.2 Å². The molecule has 1 saturated carbocycles. The van der Waals surface area contributed by atoms with Crippen molar-refractivity contribution in [1.82, 2.24) is 0 Å². The van der Waals surface area contributed by atoms with E-state index >= 15 is 0 Å². The molecule has 2 nitrogen and oxygen atoms in total. The highest BCUT2D eigenvalue weighted by atomic mass is 19.1. The number of nitrogens with two attached hydrogens (primary N) is 1. The van der Waals surface area contributed by atoms with Gasteiger partial charge in [-0.1, -0.05) is 25.0 Å². The van der Waals surface area contributed by atoms with E-state index in [1.165, 1.54) is 37.8 Å². The topological polar surface area (TPSA) is 35.2 Å². The predicted molar refractivity (Wildman–Crippen MR) is 66.1 cm³/mol. The van der Waals surface area contributed by atoms with Gasteiger partial charge in [0.05, 0.1) is 12.6 Å². The lowest BCUT2D eigenvalue weighted by molar-refractivity contribution is 0.0904. The quantitative estimate of drug-likeness (QED) is 0.854. The van der Waals surface area contributed by atoms with Crippen molar-refractivity contribution in [1.29, 1.82) is 0 Å². The number of ether oxygens (including phenoxy) is 1. The minimum absolute atomic E-state index is 0.230. The van der Waals surface area contributed by atoms with Crippen LogP contribution >= 0.6 is 0 Å². The molecule has 0 bridgehead atoms. The van der Waals surface area contributed by atoms with Gasteiger partial charge in [0.15, 0.2) is 0 Å². The summed E-state index contributed by atoms with van der Waals surface area (Å²) >= 11 is 0. The molecule has 1 atom stereocenters. The van der Waals surface area contributed by atoms with Crippen LogP contribution in [-0.2, 0) is 4.74 Å². The van der Waals surface area contributed by atoms with E-state index in [4.69, 9.17) is 10.5 Å². The Labute approximate surface area is 102 Å². The third kappa shape index (κ3) is 3.79. The second kappa shape index (κ2) is 6.12. The van der Waals surface area contributed by atoms with Crippen LogP contribution in [0.1, 0.15) is 37.3 Å². The lowest BCUT2D eigenvalue weighted by atomic mass is 10.1. The SMILES string of the molecule is NC(COCC1CCCC1)c1cccc(F)c1. The molecule has 0 heterocycles. The van der Waals surface area contributed by atoms with Gasteiger partial charge in [-0.05, 0) is 36.5 Å². The zero-order valence-corrected chi connectivity index (χ0v) is 10.1. The molecular weight excluding hydrogens is 217 g/mol. The number of benzene rings is 1. The van der Waals surface area contributed by atoms with Crippen LogP contribution in [0.4, 0.5) is 4.39 Å². The van der Waals surface area contributed by atoms with Crippen LogP contribution in [0.3, 0.4) is 0 Å². The molecule has 1 aromatic rings. The second-order valence-corrected chi connectivity index (χ2v) is 4.85. The van der Waals surface area contributed by atoms with Crippen LogP contribution in [0.2, 0.25) is 0 Å². The number of hydrogen-bond acceptors (Lipinski definition) is 2. The number of halogens is 1. The molecule has 0 saturated heterocycles. The van der Waals surface area contributed by atoms with Crippen LogP contribution in [0, 0.1) is 11.7 Å². The molecule has 0 radical (unpaired) electrons. The van der Waals surface area contributed by atoms with E-state index in [1.54, 1.807) is 6.07 Å². The fraction of sp³-hybridized carbons (Fsp3) is 0.571. The van der Waals surface area contributed by atoms with Gasteiger partial charge in [0.2, 0.25) is 0 Å². The fourth-order valence-electron chi connectivity index (χ4n) is 2.37. The van der Waals surface area contributed by atoms with Crippen molar-refractivity contribution >= 4 is 0 Å². The molecule has 1 unspecified atom stereocenters. The Morgan fingerprint density at radius 3 is 2.82 bits per heavy atom. The molecule has 0 spiro atoms. The highest BCUT2D eigenvalue weighted by Gasteiger charge is 2.15. The van der Waals surface area contributed by atoms with Crippen molar-refractivity contribution in [2.45, 2.75) is 31.7 Å². The van der Waals surface area contributed by atoms with Gasteiger partial charge in [0.25, 0.3) is 0 Å². The minimum Gasteiger partial charge on any atom is -0.379 e. The summed E-state index contributed by atoms with van der Waals surface area (Å²) in [6, 6.07) is 6.19. The van der Waals surface area contributed by atoms with Gasteiger partial charge in [-0.3, -0.25) is 0 Å². The first-order valence-corrected chi connectivity index (χ1v) is 6.34. The van der Waals surface area contributed by atoms with Gasteiger partial charge in [-0.25, -0.2) is 4.39 Å². The second-order valence-electron chi connectivity index (χ2n) is 4.85. The standard InChI is InChI=1S/C14H20FNO/c15-13-7-3-6-12(8-13)14(16)10-17-9-11-4-1-2-5-11/h3,6-8,11,14H,1-2,4-5,9-10,16H2. The maximum atomic E-state index is 13.0. The highest BCUT2D eigenvalue weighted by Crippen LogP contribution is 2.25. The predicted octanol–water partition coefficient (Wildman–Crippen LogP) is 3.03. The van der Waals surface area contributed by atoms with Crippen molar-refractivity contribution in [3.63, 3.8) is 0 Å². The van der Waals surface area contributed by atoms with Crippen molar-refractivity contribution in [2.24, 2.45) is 11.7 Å². The Morgan fingerprint density at radius 1 is 1.35 bits per heavy atom. The van der Waals surface area contributed by atoms with Crippen LogP contribution in [-0.4, -0.2) is 13.2 Å². The lowest BCUT2D eigenvalue weighted by Gasteiger charge is -2.15. The average Bonchev–Trinajstić information content (AvgIpc) is 2.82. The molecule has 17 heavy (non-hydrogen) atoms. The Balaban J connectivity index is 1.74. The first-order valence-electron chi connectivity index (χ1n) is 6.34. The Bertz CT molecular complexity index is 350. The largest absolute Gasteiger partial charge is 0.379 e. The molecule has 3 heteroatoms. The molecule has 94 valence electrons. The smallest absolute Gasteiger partial charge is 0.123 e. The summed E-state index contributed by atoms with van der Waals surface area (Å²) < 4.78 is 18.6. The Hall–Kier alpha value is -0.930. The van der Waals surface area contributed by atoms with Crippen molar-refractivity contribution in [2.75, 3.05) is 13.2 Å². The first-order chi connectivity index (χ1) is 8.25. The summed E-state index contributed by atoms with van der Waals surface area (Å²) in [4.78, 5) is 0. The maximum absolute atomic E-state index is 13.0. The van der Waals surface area contributed by atoms with E-state index in [9.17, 15) is 4.39 Å². The summed E-state index contributed by atoms with van der Waals surface area (Å²) in [5, 5.41) is 0. The van der Waals surface area contributed by atoms with Crippen LogP contribution in [0.25, 0.3) is 0 Å². The molecular formula is C14H20FNO. The van der Waals surface area contributed by atoms with Crippen molar-refractivity contribution in [3.8, 4) is 0 Å². The Kier molecular flexibility index (Phi) is 4.51. The third-order valence-corrected chi connectivity index (χ3v) is 3.40. The molecule has 1 fully saturated rings. The molecule has 0 amide bonds. The molecule has 1 aliphatic carbocycles. The van der Waals surface area contributed by atoms with Gasteiger partial charge >= 0.3 is 0 Å². The molecule has 1 aromatic carbocycles. The highest BCUT2D eigenvalue weighted by molar-refractivity contribution is 5.19. The summed E-state index contributed by atoms with van der Waals surface area (Å²) in [7, 11) is 0. The summed E-state index contributed by atoms with van der Waals surface area (Å²) in [5.41, 5.74) is 6.76. The maximum Gasteiger partial charge on any atom is 0.123 e. The molecule has 0 aliphatic heterocycles. The van der Waals surface area contributed by atoms with Gasteiger partial charge < -0.3 is 10.5 Å². The summed E-state index contributed by atoms with van der Waals surface area (Å²) in [5.74, 6) is 0.462. The zero-order valence-electron chi connectivity index (χ0n) is 10.1. The average molecular weight is 237 g/mol. The van der Waals surface area contributed by atoms with Gasteiger partial charge in [0.1, 0.15) is 5.82 Å².